The molecule has 0 spiro atoms. The predicted octanol–water partition coefficient (Wildman–Crippen LogP) is 1.57. The molecule has 1 N–H and O–H groups in total. The second-order valence-corrected chi connectivity index (χ2v) is 6.55. The smallest absolute Gasteiger partial charge is 0.277 e. The molecule has 0 unspecified atom stereocenters. The van der Waals surface area contributed by atoms with Crippen molar-refractivity contribution in [2.24, 2.45) is 0 Å². The number of hydrogen-bond donors (Lipinski definition) is 1. The van der Waals surface area contributed by atoms with Gasteiger partial charge in [0.1, 0.15) is 0 Å². The van der Waals surface area contributed by atoms with Gasteiger partial charge in [0.25, 0.3) is 5.22 Å². The highest BCUT2D eigenvalue weighted by Gasteiger charge is 2.24. The Morgan fingerprint density at radius 2 is 2.04 bits per heavy atom. The minimum atomic E-state index is -0.162. The van der Waals surface area contributed by atoms with Gasteiger partial charge in [-0.15, -0.1) is 10.2 Å². The second kappa shape index (κ2) is 7.48. The molecule has 1 aromatic heterocycles. The molecule has 8 heteroatoms. The summed E-state index contributed by atoms with van der Waals surface area (Å²) in [5.74, 6) is 0.277. The lowest BCUT2D eigenvalue weighted by Gasteiger charge is -2.15. The highest BCUT2D eigenvalue weighted by atomic mass is 32.2. The zero-order chi connectivity index (χ0) is 16.9. The number of hydrogen-bond acceptors (Lipinski definition) is 6. The molecule has 1 aromatic carbocycles. The van der Waals surface area contributed by atoms with Gasteiger partial charge in [-0.1, -0.05) is 30.0 Å². The van der Waals surface area contributed by atoms with Crippen LogP contribution in [-0.2, 0) is 9.59 Å². The van der Waals surface area contributed by atoms with Crippen LogP contribution in [0.4, 0.5) is 0 Å². The molecular weight excluding hydrogens is 328 g/mol. The lowest BCUT2D eigenvalue weighted by atomic mass is 10.2. The van der Waals surface area contributed by atoms with Crippen LogP contribution in [0, 0.1) is 0 Å². The Bertz CT molecular complexity index is 715. The van der Waals surface area contributed by atoms with Gasteiger partial charge in [0.15, 0.2) is 0 Å². The fraction of sp³-hybridized carbons (Fsp3) is 0.375. The first-order valence-electron chi connectivity index (χ1n) is 7.67. The lowest BCUT2D eigenvalue weighted by molar-refractivity contribution is -0.132. The van der Waals surface area contributed by atoms with E-state index in [1.807, 2.05) is 30.3 Å². The number of nitrogens with zero attached hydrogens (tertiary/aromatic N) is 3. The van der Waals surface area contributed by atoms with Gasteiger partial charge in [0, 0.05) is 18.7 Å². The monoisotopic (exact) mass is 346 g/mol. The second-order valence-electron chi connectivity index (χ2n) is 5.62. The molecule has 0 radical (unpaired) electrons. The van der Waals surface area contributed by atoms with Gasteiger partial charge in [0.05, 0.1) is 12.3 Å². The molecule has 2 amide bonds. The summed E-state index contributed by atoms with van der Waals surface area (Å²) < 4.78 is 5.53. The Hall–Kier alpha value is -2.35. The molecule has 24 heavy (non-hydrogen) atoms. The number of aromatic nitrogens is 2. The van der Waals surface area contributed by atoms with Crippen molar-refractivity contribution in [1.82, 2.24) is 20.4 Å². The summed E-state index contributed by atoms with van der Waals surface area (Å²) in [6.45, 7) is 0.0645. The molecule has 0 saturated heterocycles. The number of thioether (sulfide) groups is 1. The van der Waals surface area contributed by atoms with E-state index in [9.17, 15) is 9.59 Å². The summed E-state index contributed by atoms with van der Waals surface area (Å²) in [5, 5.41) is 11.1. The van der Waals surface area contributed by atoms with Gasteiger partial charge >= 0.3 is 0 Å². The van der Waals surface area contributed by atoms with Gasteiger partial charge in [0.2, 0.25) is 17.7 Å². The lowest BCUT2D eigenvalue weighted by Crippen LogP contribution is -2.39. The van der Waals surface area contributed by atoms with E-state index in [4.69, 9.17) is 4.42 Å². The fourth-order valence-electron chi connectivity index (χ4n) is 2.00. The van der Waals surface area contributed by atoms with Crippen molar-refractivity contribution in [2.45, 2.75) is 24.1 Å². The number of carbonyl (C=O) groups is 2. The molecule has 1 aliphatic carbocycles. The van der Waals surface area contributed by atoms with Crippen molar-refractivity contribution in [1.29, 1.82) is 0 Å². The van der Waals surface area contributed by atoms with Gasteiger partial charge in [-0.25, -0.2) is 0 Å². The molecule has 1 aliphatic rings. The van der Waals surface area contributed by atoms with E-state index in [2.05, 4.69) is 15.5 Å². The van der Waals surface area contributed by atoms with Crippen molar-refractivity contribution in [3.8, 4) is 11.5 Å². The molecule has 1 saturated carbocycles. The average molecular weight is 346 g/mol. The number of nitrogens with one attached hydrogen (secondary N) is 1. The zero-order valence-electron chi connectivity index (χ0n) is 13.3. The van der Waals surface area contributed by atoms with Gasteiger partial charge in [-0.05, 0) is 25.0 Å². The van der Waals surface area contributed by atoms with Crippen LogP contribution in [0.5, 0.6) is 0 Å². The summed E-state index contributed by atoms with van der Waals surface area (Å²) in [6.07, 6.45) is 2.06. The van der Waals surface area contributed by atoms with Crippen LogP contribution in [0.25, 0.3) is 11.5 Å². The van der Waals surface area contributed by atoms with Crippen LogP contribution in [0.15, 0.2) is 40.0 Å². The maximum absolute atomic E-state index is 12.1. The molecule has 0 atom stereocenters. The van der Waals surface area contributed by atoms with E-state index >= 15 is 0 Å². The minimum absolute atomic E-state index is 0.0645. The molecule has 3 rings (SSSR count). The summed E-state index contributed by atoms with van der Waals surface area (Å²) in [6, 6.07) is 9.72. The quantitative estimate of drug-likeness (QED) is 0.766. The molecule has 0 aliphatic heterocycles. The number of rotatable bonds is 7. The third-order valence-electron chi connectivity index (χ3n) is 3.50. The first kappa shape index (κ1) is 16.5. The van der Waals surface area contributed by atoms with Crippen LogP contribution >= 0.6 is 11.8 Å². The maximum atomic E-state index is 12.1. The van der Waals surface area contributed by atoms with Crippen LogP contribution in [0.3, 0.4) is 0 Å². The van der Waals surface area contributed by atoms with Crippen molar-refractivity contribution < 1.29 is 14.0 Å². The van der Waals surface area contributed by atoms with Crippen LogP contribution < -0.4 is 5.32 Å². The maximum Gasteiger partial charge on any atom is 0.277 e. The molecular formula is C16H18N4O3S. The largest absolute Gasteiger partial charge is 0.411 e. The normalized spacial score (nSPS) is 13.5. The average Bonchev–Trinajstić information content (AvgIpc) is 3.26. The van der Waals surface area contributed by atoms with Crippen molar-refractivity contribution >= 4 is 23.6 Å². The van der Waals surface area contributed by atoms with E-state index in [1.54, 1.807) is 7.05 Å². The molecule has 0 bridgehead atoms. The third kappa shape index (κ3) is 4.58. The molecule has 126 valence electrons. The predicted molar refractivity (Wildman–Crippen MR) is 89.3 cm³/mol. The SMILES string of the molecule is CN(CC(=O)NC1CC1)C(=O)CSc1nnc(-c2ccccc2)o1. The van der Waals surface area contributed by atoms with Crippen molar-refractivity contribution in [2.75, 3.05) is 19.3 Å². The summed E-state index contributed by atoms with van der Waals surface area (Å²) >= 11 is 1.16. The van der Waals surface area contributed by atoms with E-state index in [0.29, 0.717) is 17.2 Å². The number of amides is 2. The Morgan fingerprint density at radius 3 is 2.75 bits per heavy atom. The molecule has 1 fully saturated rings. The molecule has 7 nitrogen and oxygen atoms in total. The standard InChI is InChI=1S/C16H18N4O3S/c1-20(9-13(21)17-12-7-8-12)14(22)10-24-16-19-18-15(23-16)11-5-3-2-4-6-11/h2-6,12H,7-10H2,1H3,(H,17,21). The van der Waals surface area contributed by atoms with Crippen molar-refractivity contribution in [3.63, 3.8) is 0 Å². The fourth-order valence-corrected chi connectivity index (χ4v) is 2.71. The number of benzene rings is 1. The zero-order valence-corrected chi connectivity index (χ0v) is 14.1. The van der Waals surface area contributed by atoms with Gasteiger partial charge in [-0.3, -0.25) is 9.59 Å². The third-order valence-corrected chi connectivity index (χ3v) is 4.30. The summed E-state index contributed by atoms with van der Waals surface area (Å²) in [7, 11) is 1.61. The first-order chi connectivity index (χ1) is 11.6. The molecule has 1 heterocycles. The van der Waals surface area contributed by atoms with E-state index < -0.39 is 0 Å². The summed E-state index contributed by atoms with van der Waals surface area (Å²) in [5.41, 5.74) is 0.831. The van der Waals surface area contributed by atoms with E-state index in [1.165, 1.54) is 4.90 Å². The Labute approximate surface area is 143 Å². The van der Waals surface area contributed by atoms with Gasteiger partial charge in [-0.2, -0.15) is 0 Å². The summed E-state index contributed by atoms with van der Waals surface area (Å²) in [4.78, 5) is 25.2. The Kier molecular flexibility index (Phi) is 5.14. The van der Waals surface area contributed by atoms with E-state index in [-0.39, 0.29) is 24.1 Å². The van der Waals surface area contributed by atoms with Gasteiger partial charge < -0.3 is 14.6 Å². The Morgan fingerprint density at radius 1 is 1.29 bits per heavy atom. The van der Waals surface area contributed by atoms with Crippen LogP contribution in [0.2, 0.25) is 0 Å². The highest BCUT2D eigenvalue weighted by Crippen LogP contribution is 2.23. The van der Waals surface area contributed by atoms with Crippen molar-refractivity contribution in [3.05, 3.63) is 30.3 Å². The first-order valence-corrected chi connectivity index (χ1v) is 8.65. The van der Waals surface area contributed by atoms with E-state index in [0.717, 1.165) is 30.2 Å². The number of likely N-dealkylation sites (N-methyl/N-ethyl adjacent to an activating group) is 1. The topological polar surface area (TPSA) is 88.3 Å². The number of carbonyl (C=O) groups excluding carboxylic acids is 2. The minimum Gasteiger partial charge on any atom is -0.411 e. The highest BCUT2D eigenvalue weighted by molar-refractivity contribution is 7.99. The van der Waals surface area contributed by atoms with Crippen LogP contribution in [-0.4, -0.2) is 52.3 Å². The Balaban J connectivity index is 1.47. The van der Waals surface area contributed by atoms with Crippen LogP contribution in [0.1, 0.15) is 12.8 Å². The molecule has 2 aromatic rings.